The summed E-state index contributed by atoms with van der Waals surface area (Å²) in [5, 5.41) is 17.8. The van der Waals surface area contributed by atoms with Crippen molar-refractivity contribution in [1.29, 1.82) is 5.41 Å². The molecule has 6 N–H and O–H groups in total. The molecule has 2 heterocycles. The maximum absolute atomic E-state index is 13.3. The maximum atomic E-state index is 13.3. The van der Waals surface area contributed by atoms with E-state index in [-0.39, 0.29) is 30.4 Å². The molecular formula is C27H27N7O4S. The third-order valence-corrected chi connectivity index (χ3v) is 7.11. The molecule has 2 amide bonds. The summed E-state index contributed by atoms with van der Waals surface area (Å²) >= 11 is 1.28. The predicted octanol–water partition coefficient (Wildman–Crippen LogP) is 2.04. The van der Waals surface area contributed by atoms with Crippen molar-refractivity contribution in [2.45, 2.75) is 31.8 Å². The van der Waals surface area contributed by atoms with Crippen LogP contribution in [0.4, 0.5) is 11.6 Å². The fourth-order valence-electron chi connectivity index (χ4n) is 4.18. The highest BCUT2D eigenvalue weighted by molar-refractivity contribution is 7.12. The van der Waals surface area contributed by atoms with Gasteiger partial charge >= 0.3 is 5.97 Å². The molecule has 200 valence electrons. The lowest BCUT2D eigenvalue weighted by atomic mass is 10.1. The number of nitrogens with zero attached hydrogens (tertiary/aromatic N) is 2. The van der Waals surface area contributed by atoms with Crippen LogP contribution in [0.1, 0.15) is 49.0 Å². The summed E-state index contributed by atoms with van der Waals surface area (Å²) in [7, 11) is 1.23. The van der Waals surface area contributed by atoms with E-state index in [1.807, 2.05) is 0 Å². The van der Waals surface area contributed by atoms with Crippen LogP contribution in [0.25, 0.3) is 0 Å². The number of carbonyl (C=O) groups excluding carboxylic acids is 3. The highest BCUT2D eigenvalue weighted by atomic mass is 32.1. The molecule has 0 radical (unpaired) electrons. The number of aromatic nitrogens is 2. The first kappa shape index (κ1) is 27.3. The molecule has 2 atom stereocenters. The summed E-state index contributed by atoms with van der Waals surface area (Å²) in [5.74, 6) is 4.69. The molecule has 1 aromatic carbocycles. The Morgan fingerprint density at radius 1 is 1.21 bits per heavy atom. The fourth-order valence-corrected chi connectivity index (χ4v) is 4.80. The summed E-state index contributed by atoms with van der Waals surface area (Å²) in [5.41, 5.74) is 7.20. The Kier molecular flexibility index (Phi) is 7.92. The van der Waals surface area contributed by atoms with Gasteiger partial charge in [0.05, 0.1) is 41.5 Å². The van der Waals surface area contributed by atoms with E-state index >= 15 is 0 Å². The second kappa shape index (κ2) is 11.3. The van der Waals surface area contributed by atoms with Crippen LogP contribution in [0.5, 0.6) is 0 Å². The van der Waals surface area contributed by atoms with Gasteiger partial charge in [-0.15, -0.1) is 11.3 Å². The van der Waals surface area contributed by atoms with Crippen molar-refractivity contribution in [3.05, 3.63) is 68.7 Å². The van der Waals surface area contributed by atoms with Gasteiger partial charge in [-0.3, -0.25) is 9.59 Å². The molecule has 1 aliphatic rings. The number of thiophene rings is 1. The SMILES string of the molecule is COC(=O)C1(NC(=O)c2c(C)nc(NCC#Cc3cccc(N)c3C=N)nc2C)CC1NC(=O)c1cccs1. The monoisotopic (exact) mass is 545 g/mol. The van der Waals surface area contributed by atoms with E-state index in [0.29, 0.717) is 33.1 Å². The molecule has 12 heteroatoms. The number of carbonyl (C=O) groups is 3. The van der Waals surface area contributed by atoms with Gasteiger partial charge in [-0.1, -0.05) is 24.0 Å². The quantitative estimate of drug-likeness (QED) is 0.124. The van der Waals surface area contributed by atoms with Crippen LogP contribution in [0, 0.1) is 31.1 Å². The molecule has 11 nitrogen and oxygen atoms in total. The Balaban J connectivity index is 1.44. The molecule has 0 bridgehead atoms. The Labute approximate surface area is 229 Å². The standard InChI is InChI=1S/C27H27N7O4S/c1-15-22(16(2)32-26(31-15)30-11-5-8-17-7-4-9-19(29)18(17)14-28)24(36)34-27(25(37)38-3)13-21(27)33-23(35)20-10-6-12-39-20/h4,6-7,9-10,12,14,21,28H,11,13,29H2,1-3H3,(H,33,35)(H,34,36)(H,30,31,32). The van der Waals surface area contributed by atoms with Gasteiger partial charge in [0.15, 0.2) is 5.54 Å². The minimum Gasteiger partial charge on any atom is -0.467 e. The number of nitrogen functional groups attached to an aromatic ring is 1. The number of esters is 1. The molecule has 4 rings (SSSR count). The highest BCUT2D eigenvalue weighted by Gasteiger charge is 2.63. The summed E-state index contributed by atoms with van der Waals surface area (Å²) in [4.78, 5) is 47.6. The number of hydrogen-bond donors (Lipinski definition) is 5. The number of methoxy groups -OCH3 is 1. The molecule has 0 aliphatic heterocycles. The van der Waals surface area contributed by atoms with Gasteiger partial charge < -0.3 is 31.8 Å². The predicted molar refractivity (Wildman–Crippen MR) is 148 cm³/mol. The van der Waals surface area contributed by atoms with E-state index in [9.17, 15) is 14.4 Å². The van der Waals surface area contributed by atoms with Gasteiger partial charge in [-0.2, -0.15) is 0 Å². The molecule has 1 aliphatic carbocycles. The van der Waals surface area contributed by atoms with Crippen LogP contribution in [-0.4, -0.2) is 59.2 Å². The van der Waals surface area contributed by atoms with Crippen molar-refractivity contribution in [3.8, 4) is 11.8 Å². The number of rotatable bonds is 8. The molecule has 1 fully saturated rings. The zero-order valence-corrected chi connectivity index (χ0v) is 22.4. The second-order valence-corrected chi connectivity index (χ2v) is 9.77. The highest BCUT2D eigenvalue weighted by Crippen LogP contribution is 2.38. The van der Waals surface area contributed by atoms with E-state index in [0.717, 1.165) is 6.21 Å². The molecule has 2 unspecified atom stereocenters. The minimum absolute atomic E-state index is 0.201. The molecular weight excluding hydrogens is 518 g/mol. The molecule has 0 saturated heterocycles. The number of nitrogens with one attached hydrogen (secondary N) is 4. The Morgan fingerprint density at radius 3 is 2.59 bits per heavy atom. The van der Waals surface area contributed by atoms with Crippen LogP contribution in [-0.2, 0) is 9.53 Å². The Bertz CT molecular complexity index is 1490. The average Bonchev–Trinajstić information content (AvgIpc) is 3.30. The van der Waals surface area contributed by atoms with Crippen molar-refractivity contribution in [1.82, 2.24) is 20.6 Å². The first-order valence-corrected chi connectivity index (χ1v) is 12.8. The largest absolute Gasteiger partial charge is 0.467 e. The van der Waals surface area contributed by atoms with Crippen LogP contribution in [0.2, 0.25) is 0 Å². The second-order valence-electron chi connectivity index (χ2n) is 8.83. The summed E-state index contributed by atoms with van der Waals surface area (Å²) in [6, 6.07) is 8.08. The van der Waals surface area contributed by atoms with Crippen LogP contribution in [0.15, 0.2) is 35.7 Å². The number of anilines is 2. The van der Waals surface area contributed by atoms with Crippen molar-refractivity contribution >= 4 is 47.0 Å². The van der Waals surface area contributed by atoms with Crippen molar-refractivity contribution in [2.75, 3.05) is 24.7 Å². The van der Waals surface area contributed by atoms with Crippen LogP contribution >= 0.6 is 11.3 Å². The number of benzene rings is 1. The lowest BCUT2D eigenvalue weighted by molar-refractivity contribution is -0.144. The van der Waals surface area contributed by atoms with Crippen molar-refractivity contribution in [2.24, 2.45) is 0 Å². The molecule has 0 spiro atoms. The average molecular weight is 546 g/mol. The van der Waals surface area contributed by atoms with Gasteiger partial charge in [-0.05, 0) is 37.4 Å². The first-order valence-electron chi connectivity index (χ1n) is 11.9. The first-order chi connectivity index (χ1) is 18.7. The van der Waals surface area contributed by atoms with Crippen LogP contribution in [0.3, 0.4) is 0 Å². The zero-order valence-electron chi connectivity index (χ0n) is 21.5. The number of amides is 2. The topological polar surface area (TPSA) is 172 Å². The minimum atomic E-state index is -1.37. The lowest BCUT2D eigenvalue weighted by Gasteiger charge is -2.19. The van der Waals surface area contributed by atoms with E-state index in [4.69, 9.17) is 15.9 Å². The van der Waals surface area contributed by atoms with Gasteiger partial charge in [-0.25, -0.2) is 14.8 Å². The van der Waals surface area contributed by atoms with E-state index < -0.39 is 23.5 Å². The number of nitrogens with two attached hydrogens (primary N) is 1. The van der Waals surface area contributed by atoms with Gasteiger partial charge in [0.1, 0.15) is 0 Å². The fraction of sp³-hybridized carbons (Fsp3) is 0.259. The molecule has 39 heavy (non-hydrogen) atoms. The number of hydrogen-bond acceptors (Lipinski definition) is 10. The number of aryl methyl sites for hydroxylation is 2. The van der Waals surface area contributed by atoms with Gasteiger partial charge in [0, 0.05) is 29.4 Å². The summed E-state index contributed by atoms with van der Waals surface area (Å²) in [6.07, 6.45) is 1.37. The van der Waals surface area contributed by atoms with Crippen molar-refractivity contribution in [3.63, 3.8) is 0 Å². The van der Waals surface area contributed by atoms with E-state index in [1.54, 1.807) is 49.6 Å². The smallest absolute Gasteiger partial charge is 0.333 e. The number of ether oxygens (including phenoxy) is 1. The van der Waals surface area contributed by atoms with Crippen LogP contribution < -0.4 is 21.7 Å². The van der Waals surface area contributed by atoms with Gasteiger partial charge in [0.25, 0.3) is 11.8 Å². The van der Waals surface area contributed by atoms with E-state index in [1.165, 1.54) is 18.4 Å². The van der Waals surface area contributed by atoms with Gasteiger partial charge in [0.2, 0.25) is 5.95 Å². The third-order valence-electron chi connectivity index (χ3n) is 6.24. The molecule has 3 aromatic rings. The normalized spacial score (nSPS) is 17.3. The summed E-state index contributed by atoms with van der Waals surface area (Å²) < 4.78 is 4.93. The molecule has 2 aromatic heterocycles. The maximum Gasteiger partial charge on any atom is 0.333 e. The molecule has 1 saturated carbocycles. The van der Waals surface area contributed by atoms with E-state index in [2.05, 4.69) is 37.8 Å². The van der Waals surface area contributed by atoms with Crippen molar-refractivity contribution < 1.29 is 19.1 Å². The zero-order chi connectivity index (χ0) is 28.2. The Hall–Kier alpha value is -4.76. The third kappa shape index (κ3) is 5.73. The lowest BCUT2D eigenvalue weighted by Crippen LogP contribution is -2.50. The Morgan fingerprint density at radius 2 is 1.95 bits per heavy atom. The summed E-state index contributed by atoms with van der Waals surface area (Å²) in [6.45, 7) is 3.54.